The third-order valence-electron chi connectivity index (χ3n) is 5.55. The number of aryl methyl sites for hydroxylation is 2. The molecule has 1 atom stereocenters. The van der Waals surface area contributed by atoms with Crippen LogP contribution in [0.25, 0.3) is 0 Å². The van der Waals surface area contributed by atoms with E-state index in [0.29, 0.717) is 23.6 Å². The lowest BCUT2D eigenvalue weighted by atomic mass is 9.95. The van der Waals surface area contributed by atoms with Gasteiger partial charge < -0.3 is 19.7 Å². The van der Waals surface area contributed by atoms with Crippen LogP contribution in [0.1, 0.15) is 36.6 Å². The zero-order chi connectivity index (χ0) is 24.2. The van der Waals surface area contributed by atoms with Gasteiger partial charge in [-0.25, -0.2) is 9.79 Å². The first-order valence-electron chi connectivity index (χ1n) is 11.1. The van der Waals surface area contributed by atoms with Crippen molar-refractivity contribution in [1.82, 2.24) is 4.90 Å². The van der Waals surface area contributed by atoms with Crippen LogP contribution in [-0.2, 0) is 14.3 Å². The first kappa shape index (κ1) is 23.6. The number of aliphatic imine (C=N–C) groups is 1. The summed E-state index contributed by atoms with van der Waals surface area (Å²) in [4.78, 5) is 31.7. The Morgan fingerprint density at radius 1 is 1.12 bits per heavy atom. The Balaban J connectivity index is 1.47. The summed E-state index contributed by atoms with van der Waals surface area (Å²) in [6, 6.07) is 13.0. The lowest BCUT2D eigenvalue weighted by molar-refractivity contribution is -0.139. The van der Waals surface area contributed by atoms with Crippen LogP contribution in [0.3, 0.4) is 0 Å². The van der Waals surface area contributed by atoms with Gasteiger partial charge in [0.05, 0.1) is 23.9 Å². The van der Waals surface area contributed by atoms with Crippen molar-refractivity contribution >= 4 is 34.5 Å². The van der Waals surface area contributed by atoms with E-state index >= 15 is 0 Å². The number of hydrogen-bond donors (Lipinski definition) is 1. The molecular formula is C26H27N3O4S. The van der Waals surface area contributed by atoms with Crippen molar-refractivity contribution in [1.29, 1.82) is 0 Å². The number of thioether (sulfide) groups is 1. The maximum Gasteiger partial charge on any atom is 0.338 e. The van der Waals surface area contributed by atoms with Crippen molar-refractivity contribution in [3.05, 3.63) is 82.0 Å². The zero-order valence-electron chi connectivity index (χ0n) is 19.6. The largest absolute Gasteiger partial charge is 0.484 e. The summed E-state index contributed by atoms with van der Waals surface area (Å²) in [6.07, 6.45) is 1.92. The molecule has 2 aliphatic rings. The Morgan fingerprint density at radius 2 is 1.88 bits per heavy atom. The maximum atomic E-state index is 12.7. The van der Waals surface area contributed by atoms with E-state index in [0.717, 1.165) is 27.5 Å². The average Bonchev–Trinajstić information content (AvgIpc) is 3.27. The molecule has 4 rings (SSSR count). The summed E-state index contributed by atoms with van der Waals surface area (Å²) in [7, 11) is 0. The fourth-order valence-corrected chi connectivity index (χ4v) is 4.64. The van der Waals surface area contributed by atoms with Crippen LogP contribution in [0.2, 0.25) is 0 Å². The van der Waals surface area contributed by atoms with Gasteiger partial charge in [-0.3, -0.25) is 4.79 Å². The number of rotatable bonds is 7. The molecule has 7 nitrogen and oxygen atoms in total. The molecule has 34 heavy (non-hydrogen) atoms. The topological polar surface area (TPSA) is 80.2 Å². The number of amidine groups is 1. The molecule has 0 saturated heterocycles. The third-order valence-corrected chi connectivity index (χ3v) is 6.32. The first-order valence-corrected chi connectivity index (χ1v) is 11.9. The second kappa shape index (κ2) is 10.2. The highest BCUT2D eigenvalue weighted by atomic mass is 32.2. The van der Waals surface area contributed by atoms with Crippen LogP contribution in [0.5, 0.6) is 5.75 Å². The molecule has 0 fully saturated rings. The van der Waals surface area contributed by atoms with Gasteiger partial charge >= 0.3 is 5.97 Å². The Labute approximate surface area is 203 Å². The molecule has 0 saturated carbocycles. The molecule has 2 aromatic carbocycles. The second-order valence-corrected chi connectivity index (χ2v) is 8.92. The smallest absolute Gasteiger partial charge is 0.338 e. The Bertz CT molecular complexity index is 1200. The van der Waals surface area contributed by atoms with Crippen LogP contribution in [0.4, 0.5) is 5.69 Å². The van der Waals surface area contributed by atoms with Crippen LogP contribution in [0.15, 0.2) is 70.3 Å². The number of benzene rings is 2. The van der Waals surface area contributed by atoms with E-state index < -0.39 is 0 Å². The van der Waals surface area contributed by atoms with Crippen LogP contribution < -0.4 is 10.1 Å². The molecule has 2 aromatic rings. The van der Waals surface area contributed by atoms with Gasteiger partial charge in [-0.2, -0.15) is 0 Å². The highest BCUT2D eigenvalue weighted by Gasteiger charge is 2.37. The number of allylic oxidation sites excluding steroid dienone is 1. The Hall–Kier alpha value is -3.52. The van der Waals surface area contributed by atoms with E-state index in [1.807, 2.05) is 67.6 Å². The fourth-order valence-electron chi connectivity index (χ4n) is 3.85. The molecule has 0 unspecified atom stereocenters. The SMILES string of the molecule is CCOC(=O)C1=C(C)N=C2SC=CN2[C@H]1c1ccc(OCC(=O)Nc2cc(C)ccc2C)cc1. The lowest BCUT2D eigenvalue weighted by Gasteiger charge is -2.33. The van der Waals surface area contributed by atoms with E-state index in [2.05, 4.69) is 10.3 Å². The van der Waals surface area contributed by atoms with Gasteiger partial charge in [0, 0.05) is 11.9 Å². The molecule has 0 bridgehead atoms. The molecule has 1 amide bonds. The molecule has 2 heterocycles. The number of nitrogens with one attached hydrogen (secondary N) is 1. The molecular weight excluding hydrogens is 450 g/mol. The Morgan fingerprint density at radius 3 is 2.62 bits per heavy atom. The minimum Gasteiger partial charge on any atom is -0.484 e. The van der Waals surface area contributed by atoms with Gasteiger partial charge in [0.2, 0.25) is 0 Å². The number of fused-ring (bicyclic) bond motifs is 1. The number of anilines is 1. The molecule has 1 N–H and O–H groups in total. The summed E-state index contributed by atoms with van der Waals surface area (Å²) in [5.74, 6) is -0.0378. The number of amides is 1. The predicted octanol–water partition coefficient (Wildman–Crippen LogP) is 5.09. The number of nitrogens with zero attached hydrogens (tertiary/aromatic N) is 2. The summed E-state index contributed by atoms with van der Waals surface area (Å²) < 4.78 is 11.0. The number of hydrogen-bond acceptors (Lipinski definition) is 7. The number of carbonyl (C=O) groups is 2. The highest BCUT2D eigenvalue weighted by molar-refractivity contribution is 8.16. The van der Waals surface area contributed by atoms with Crippen molar-refractivity contribution in [2.24, 2.45) is 4.99 Å². The van der Waals surface area contributed by atoms with Crippen molar-refractivity contribution < 1.29 is 19.1 Å². The standard InChI is InChI=1S/C26H27N3O4S/c1-5-32-25(31)23-18(4)27-26-29(12-13-34-26)24(23)19-8-10-20(11-9-19)33-15-22(30)28-21-14-16(2)6-7-17(21)3/h6-14,24H,5,15H2,1-4H3,(H,28,30)/t24-/m0/s1. The van der Waals surface area contributed by atoms with Crippen molar-refractivity contribution in [3.63, 3.8) is 0 Å². The molecule has 0 spiro atoms. The molecule has 8 heteroatoms. The summed E-state index contributed by atoms with van der Waals surface area (Å²) in [5.41, 5.74) is 4.91. The average molecular weight is 478 g/mol. The van der Waals surface area contributed by atoms with Crippen LogP contribution >= 0.6 is 11.8 Å². The fraction of sp³-hybridized carbons (Fsp3) is 0.269. The second-order valence-electron chi connectivity index (χ2n) is 8.05. The van der Waals surface area contributed by atoms with Gasteiger partial charge in [-0.05, 0) is 68.0 Å². The highest BCUT2D eigenvalue weighted by Crippen LogP contribution is 2.41. The van der Waals surface area contributed by atoms with E-state index in [4.69, 9.17) is 9.47 Å². The molecule has 0 aliphatic carbocycles. The summed E-state index contributed by atoms with van der Waals surface area (Å²) >= 11 is 1.51. The van der Waals surface area contributed by atoms with Crippen molar-refractivity contribution in [3.8, 4) is 5.75 Å². The van der Waals surface area contributed by atoms with Crippen molar-refractivity contribution in [2.75, 3.05) is 18.5 Å². The third kappa shape index (κ3) is 5.02. The quantitative estimate of drug-likeness (QED) is 0.560. The van der Waals surface area contributed by atoms with E-state index in [9.17, 15) is 9.59 Å². The molecule has 176 valence electrons. The Kier molecular flexibility index (Phi) is 7.07. The summed E-state index contributed by atoms with van der Waals surface area (Å²) in [5, 5.41) is 5.66. The molecule has 2 aliphatic heterocycles. The van der Waals surface area contributed by atoms with Gasteiger partial charge in [0.25, 0.3) is 5.91 Å². The minimum absolute atomic E-state index is 0.106. The zero-order valence-corrected chi connectivity index (χ0v) is 20.4. The van der Waals surface area contributed by atoms with Crippen molar-refractivity contribution in [2.45, 2.75) is 33.7 Å². The molecule has 0 aromatic heterocycles. The maximum absolute atomic E-state index is 12.7. The lowest BCUT2D eigenvalue weighted by Crippen LogP contribution is -2.34. The van der Waals surface area contributed by atoms with E-state index in [1.165, 1.54) is 11.8 Å². The van der Waals surface area contributed by atoms with Crippen LogP contribution in [-0.4, -0.2) is 35.2 Å². The number of ether oxygens (including phenoxy) is 2. The first-order chi connectivity index (χ1) is 16.4. The minimum atomic E-state index is -0.374. The van der Waals surface area contributed by atoms with Gasteiger partial charge in [-0.1, -0.05) is 36.0 Å². The number of carbonyl (C=O) groups excluding carboxylic acids is 2. The van der Waals surface area contributed by atoms with Gasteiger partial charge in [-0.15, -0.1) is 0 Å². The predicted molar refractivity (Wildman–Crippen MR) is 135 cm³/mol. The van der Waals surface area contributed by atoms with Gasteiger partial charge in [0.15, 0.2) is 11.8 Å². The number of esters is 1. The molecule has 0 radical (unpaired) electrons. The van der Waals surface area contributed by atoms with E-state index in [-0.39, 0.29) is 24.5 Å². The normalized spacial score (nSPS) is 16.8. The summed E-state index contributed by atoms with van der Waals surface area (Å²) in [6.45, 7) is 7.73. The monoisotopic (exact) mass is 477 g/mol. The van der Waals surface area contributed by atoms with Crippen LogP contribution in [0, 0.1) is 13.8 Å². The van der Waals surface area contributed by atoms with E-state index in [1.54, 1.807) is 19.1 Å². The van der Waals surface area contributed by atoms with Gasteiger partial charge in [0.1, 0.15) is 5.75 Å².